The van der Waals surface area contributed by atoms with Crippen LogP contribution in [0.5, 0.6) is 0 Å². The molecule has 0 unspecified atom stereocenters. The maximum atomic E-state index is 11.1. The van der Waals surface area contributed by atoms with Crippen molar-refractivity contribution in [2.24, 2.45) is 0 Å². The number of carbonyl (C=O) groups excluding carboxylic acids is 1. The van der Waals surface area contributed by atoms with E-state index in [1.807, 2.05) is 0 Å². The van der Waals surface area contributed by atoms with E-state index >= 15 is 0 Å². The van der Waals surface area contributed by atoms with Crippen molar-refractivity contribution >= 4 is 11.9 Å². The van der Waals surface area contributed by atoms with Crippen molar-refractivity contribution in [1.29, 1.82) is 0 Å². The molecule has 70 valence electrons. The van der Waals surface area contributed by atoms with Gasteiger partial charge in [-0.1, -0.05) is 5.16 Å². The van der Waals surface area contributed by atoms with Crippen LogP contribution in [0.1, 0.15) is 17.4 Å². The van der Waals surface area contributed by atoms with E-state index in [4.69, 9.17) is 5.11 Å². The Morgan fingerprint density at radius 1 is 1.69 bits per heavy atom. The maximum Gasteiger partial charge on any atom is 0.325 e. The molecule has 0 aliphatic heterocycles. The minimum atomic E-state index is -1.10. The van der Waals surface area contributed by atoms with E-state index in [1.165, 1.54) is 19.3 Å². The van der Waals surface area contributed by atoms with E-state index in [9.17, 15) is 9.59 Å². The van der Waals surface area contributed by atoms with Gasteiger partial charge in [0.15, 0.2) is 5.69 Å². The van der Waals surface area contributed by atoms with Crippen LogP contribution in [-0.4, -0.2) is 28.2 Å². The van der Waals surface area contributed by atoms with Crippen molar-refractivity contribution in [3.8, 4) is 0 Å². The fourth-order valence-corrected chi connectivity index (χ4v) is 0.662. The molecule has 1 aromatic rings. The van der Waals surface area contributed by atoms with Crippen LogP contribution in [0, 0.1) is 0 Å². The lowest BCUT2D eigenvalue weighted by Gasteiger charge is -2.06. The molecule has 0 aliphatic carbocycles. The first-order valence-corrected chi connectivity index (χ1v) is 3.55. The zero-order chi connectivity index (χ0) is 9.84. The molecular formula is C7H8N2O4. The third-order valence-corrected chi connectivity index (χ3v) is 1.39. The summed E-state index contributed by atoms with van der Waals surface area (Å²) in [5, 5.41) is 14.0. The molecule has 0 spiro atoms. The molecule has 0 bridgehead atoms. The number of hydrogen-bond donors (Lipinski definition) is 2. The molecule has 13 heavy (non-hydrogen) atoms. The Bertz CT molecular complexity index is 306. The van der Waals surface area contributed by atoms with Crippen LogP contribution >= 0.6 is 0 Å². The number of hydrogen-bond acceptors (Lipinski definition) is 4. The molecular weight excluding hydrogens is 176 g/mol. The van der Waals surface area contributed by atoms with Gasteiger partial charge >= 0.3 is 5.97 Å². The largest absolute Gasteiger partial charge is 0.480 e. The highest BCUT2D eigenvalue weighted by molar-refractivity contribution is 5.94. The number of amides is 1. The van der Waals surface area contributed by atoms with E-state index in [0.29, 0.717) is 0 Å². The van der Waals surface area contributed by atoms with Crippen molar-refractivity contribution in [2.45, 2.75) is 13.0 Å². The Morgan fingerprint density at radius 3 is 2.85 bits per heavy atom. The Hall–Kier alpha value is -1.85. The number of rotatable bonds is 3. The molecule has 0 aliphatic rings. The molecule has 1 atom stereocenters. The van der Waals surface area contributed by atoms with Crippen molar-refractivity contribution in [3.05, 3.63) is 18.0 Å². The minimum Gasteiger partial charge on any atom is -0.480 e. The number of carboxylic acids is 1. The van der Waals surface area contributed by atoms with Gasteiger partial charge in [-0.2, -0.15) is 0 Å². The summed E-state index contributed by atoms with van der Waals surface area (Å²) in [5.41, 5.74) is 0.0631. The first-order valence-electron chi connectivity index (χ1n) is 3.55. The van der Waals surface area contributed by atoms with Gasteiger partial charge in [0.1, 0.15) is 12.3 Å². The summed E-state index contributed by atoms with van der Waals surface area (Å²) in [5.74, 6) is -1.67. The topological polar surface area (TPSA) is 92.4 Å². The average Bonchev–Trinajstić information content (AvgIpc) is 2.55. The number of carbonyl (C=O) groups is 2. The molecule has 1 aromatic heterocycles. The van der Waals surface area contributed by atoms with Gasteiger partial charge in [-0.25, -0.2) is 0 Å². The van der Waals surface area contributed by atoms with Crippen molar-refractivity contribution in [1.82, 2.24) is 10.5 Å². The fourth-order valence-electron chi connectivity index (χ4n) is 0.662. The van der Waals surface area contributed by atoms with Gasteiger partial charge in [0, 0.05) is 6.07 Å². The zero-order valence-electron chi connectivity index (χ0n) is 6.85. The van der Waals surface area contributed by atoms with Gasteiger partial charge in [0.2, 0.25) is 0 Å². The standard InChI is InChI=1S/C7H8N2O4/c1-4(7(11)12)8-6(10)5-2-3-13-9-5/h2-4H,1H3,(H,8,10)(H,11,12)/t4-/m0/s1. The molecule has 1 rings (SSSR count). The van der Waals surface area contributed by atoms with Crippen molar-refractivity contribution in [3.63, 3.8) is 0 Å². The third-order valence-electron chi connectivity index (χ3n) is 1.39. The van der Waals surface area contributed by atoms with E-state index in [0.717, 1.165) is 0 Å². The Balaban J connectivity index is 2.56. The number of aliphatic carboxylic acids is 1. The van der Waals surface area contributed by atoms with Crippen LogP contribution in [-0.2, 0) is 4.79 Å². The third kappa shape index (κ3) is 2.29. The monoisotopic (exact) mass is 184 g/mol. The molecule has 0 saturated heterocycles. The first kappa shape index (κ1) is 9.24. The van der Waals surface area contributed by atoms with Gasteiger partial charge < -0.3 is 14.9 Å². The summed E-state index contributed by atoms with van der Waals surface area (Å²) in [6.45, 7) is 1.36. The maximum absolute atomic E-state index is 11.1. The van der Waals surface area contributed by atoms with Gasteiger partial charge in [0.25, 0.3) is 5.91 Å². The molecule has 0 saturated carbocycles. The van der Waals surface area contributed by atoms with Crippen molar-refractivity contribution in [2.75, 3.05) is 0 Å². The van der Waals surface area contributed by atoms with Crippen molar-refractivity contribution < 1.29 is 19.2 Å². The van der Waals surface area contributed by atoms with Crippen LogP contribution in [0.4, 0.5) is 0 Å². The molecule has 6 heteroatoms. The molecule has 0 fully saturated rings. The van der Waals surface area contributed by atoms with E-state index in [2.05, 4.69) is 15.0 Å². The van der Waals surface area contributed by atoms with Crippen LogP contribution in [0.15, 0.2) is 16.9 Å². The van der Waals surface area contributed by atoms with Gasteiger partial charge in [-0.05, 0) is 6.92 Å². The van der Waals surface area contributed by atoms with Crippen LogP contribution < -0.4 is 5.32 Å². The van der Waals surface area contributed by atoms with Crippen LogP contribution in [0.25, 0.3) is 0 Å². The summed E-state index contributed by atoms with van der Waals surface area (Å²) in [6, 6.07) is 0.411. The fraction of sp³-hybridized carbons (Fsp3) is 0.286. The SMILES string of the molecule is C[C@H](NC(=O)c1ccon1)C(=O)O. The molecule has 1 amide bonds. The first-order chi connectivity index (χ1) is 6.11. The second kappa shape index (κ2) is 3.70. The van der Waals surface area contributed by atoms with Gasteiger partial charge in [0.05, 0.1) is 0 Å². The van der Waals surface area contributed by atoms with E-state index < -0.39 is 17.9 Å². The Kier molecular flexibility index (Phi) is 2.63. The lowest BCUT2D eigenvalue weighted by molar-refractivity contribution is -0.138. The molecule has 0 radical (unpaired) electrons. The highest BCUT2D eigenvalue weighted by atomic mass is 16.5. The smallest absolute Gasteiger partial charge is 0.325 e. The summed E-state index contributed by atoms with van der Waals surface area (Å²) < 4.78 is 4.42. The summed E-state index contributed by atoms with van der Waals surface area (Å²) in [4.78, 5) is 21.5. The molecule has 1 heterocycles. The van der Waals surface area contributed by atoms with Crippen LogP contribution in [0.2, 0.25) is 0 Å². The zero-order valence-corrected chi connectivity index (χ0v) is 6.85. The lowest BCUT2D eigenvalue weighted by Crippen LogP contribution is -2.38. The van der Waals surface area contributed by atoms with Gasteiger partial charge in [-0.15, -0.1) is 0 Å². The minimum absolute atomic E-state index is 0.0631. The molecule has 2 N–H and O–H groups in total. The van der Waals surface area contributed by atoms with E-state index in [-0.39, 0.29) is 5.69 Å². The molecule has 0 aromatic carbocycles. The van der Waals surface area contributed by atoms with E-state index in [1.54, 1.807) is 0 Å². The number of nitrogens with zero attached hydrogens (tertiary/aromatic N) is 1. The summed E-state index contributed by atoms with van der Waals surface area (Å²) >= 11 is 0. The second-order valence-electron chi connectivity index (χ2n) is 2.42. The lowest BCUT2D eigenvalue weighted by atomic mass is 10.3. The number of nitrogens with one attached hydrogen (secondary N) is 1. The highest BCUT2D eigenvalue weighted by Crippen LogP contribution is 1.94. The molecule has 6 nitrogen and oxygen atoms in total. The van der Waals surface area contributed by atoms with Crippen LogP contribution in [0.3, 0.4) is 0 Å². The number of aromatic nitrogens is 1. The number of carboxylic acid groups (broad SMARTS) is 1. The quantitative estimate of drug-likeness (QED) is 0.683. The predicted octanol–water partition coefficient (Wildman–Crippen LogP) is -0.123. The summed E-state index contributed by atoms with van der Waals surface area (Å²) in [6.07, 6.45) is 1.24. The second-order valence-corrected chi connectivity index (χ2v) is 2.42. The normalized spacial score (nSPS) is 12.1. The Morgan fingerprint density at radius 2 is 2.38 bits per heavy atom. The average molecular weight is 184 g/mol. The van der Waals surface area contributed by atoms with Gasteiger partial charge in [-0.3, -0.25) is 9.59 Å². The highest BCUT2D eigenvalue weighted by Gasteiger charge is 2.16. The Labute approximate surface area is 73.5 Å². The summed E-state index contributed by atoms with van der Waals surface area (Å²) in [7, 11) is 0. The predicted molar refractivity (Wildman–Crippen MR) is 41.1 cm³/mol.